The van der Waals surface area contributed by atoms with Gasteiger partial charge in [-0.2, -0.15) is 0 Å². The molecule has 0 aromatic carbocycles. The van der Waals surface area contributed by atoms with Gasteiger partial charge in [0.15, 0.2) is 0 Å². The van der Waals surface area contributed by atoms with Crippen LogP contribution < -0.4 is 0 Å². The fraction of sp³-hybridized carbons (Fsp3) is 0.667. The number of hydrogen-bond acceptors (Lipinski definition) is 3. The summed E-state index contributed by atoms with van der Waals surface area (Å²) >= 11 is 0. The number of hydrogen-bond donors (Lipinski definition) is 2. The van der Waals surface area contributed by atoms with E-state index >= 15 is 0 Å². The molecule has 0 bridgehead atoms. The molecule has 1 fully saturated rings. The summed E-state index contributed by atoms with van der Waals surface area (Å²) in [7, 11) is 2.24. The first-order valence-electron chi connectivity index (χ1n) is 3.49. The second kappa shape index (κ2) is 3.37. The summed E-state index contributed by atoms with van der Waals surface area (Å²) in [6.07, 6.45) is 0.189. The van der Waals surface area contributed by atoms with Crippen LogP contribution in [-0.4, -0.2) is 39.4 Å². The van der Waals surface area contributed by atoms with Crippen molar-refractivity contribution in [1.82, 2.24) is 4.67 Å². The zero-order valence-corrected chi connectivity index (χ0v) is 7.46. The molecular formula is C6H10NO4P. The molecule has 0 amide bonds. The molecule has 1 heterocycles. The molecule has 0 spiro atoms. The maximum atomic E-state index is 10.5. The zero-order valence-electron chi connectivity index (χ0n) is 6.30. The van der Waals surface area contributed by atoms with Crippen LogP contribution in [0.15, 0.2) is 0 Å². The lowest BCUT2D eigenvalue weighted by Gasteiger charge is -2.12. The predicted molar refractivity (Wildman–Crippen MR) is 43.6 cm³/mol. The summed E-state index contributed by atoms with van der Waals surface area (Å²) < 4.78 is 1.47. The van der Waals surface area contributed by atoms with E-state index in [1.807, 2.05) is 0 Å². The van der Waals surface area contributed by atoms with Crippen molar-refractivity contribution in [3.63, 3.8) is 0 Å². The van der Waals surface area contributed by atoms with E-state index in [0.29, 0.717) is 0 Å². The van der Waals surface area contributed by atoms with Crippen molar-refractivity contribution in [2.75, 3.05) is 6.54 Å². The minimum absolute atomic E-state index is 0.189. The number of aliphatic carboxylic acids is 2. The van der Waals surface area contributed by atoms with Gasteiger partial charge in [-0.25, -0.2) is 0 Å². The van der Waals surface area contributed by atoms with E-state index in [4.69, 9.17) is 10.2 Å². The van der Waals surface area contributed by atoms with Gasteiger partial charge in [0.25, 0.3) is 0 Å². The highest BCUT2D eigenvalue weighted by atomic mass is 31.0. The van der Waals surface area contributed by atoms with Crippen LogP contribution in [0, 0.1) is 5.92 Å². The van der Waals surface area contributed by atoms with E-state index in [1.165, 1.54) is 4.67 Å². The smallest absolute Gasteiger partial charge is 0.321 e. The van der Waals surface area contributed by atoms with Gasteiger partial charge in [-0.1, -0.05) is 9.39 Å². The van der Waals surface area contributed by atoms with Crippen molar-refractivity contribution in [1.29, 1.82) is 0 Å². The molecule has 1 aliphatic rings. The predicted octanol–water partition coefficient (Wildman–Crippen LogP) is -0.364. The molecule has 1 aliphatic heterocycles. The molecular weight excluding hydrogens is 181 g/mol. The minimum atomic E-state index is -0.964. The van der Waals surface area contributed by atoms with Crippen LogP contribution in [0.25, 0.3) is 0 Å². The van der Waals surface area contributed by atoms with Gasteiger partial charge in [-0.15, -0.1) is 0 Å². The highest BCUT2D eigenvalue weighted by Gasteiger charge is 2.37. The monoisotopic (exact) mass is 191 g/mol. The molecule has 1 saturated heterocycles. The lowest BCUT2D eigenvalue weighted by Crippen LogP contribution is -2.28. The standard InChI is InChI=1S/C6H10NO4P/c8-5(9)3-1-4(6(10)11)7(12)2-3/h3-4H,1-2,12H2,(H,8,9)(H,10,11). The van der Waals surface area contributed by atoms with Crippen LogP contribution in [-0.2, 0) is 9.59 Å². The van der Waals surface area contributed by atoms with E-state index in [9.17, 15) is 9.59 Å². The number of carboxylic acids is 2. The topological polar surface area (TPSA) is 77.8 Å². The van der Waals surface area contributed by atoms with Crippen LogP contribution in [0.2, 0.25) is 0 Å². The molecule has 6 heteroatoms. The van der Waals surface area contributed by atoms with Crippen molar-refractivity contribution in [2.24, 2.45) is 5.92 Å². The highest BCUT2D eigenvalue weighted by Crippen LogP contribution is 2.26. The Morgan fingerprint density at radius 1 is 1.33 bits per heavy atom. The fourth-order valence-electron chi connectivity index (χ4n) is 1.28. The van der Waals surface area contributed by atoms with E-state index in [0.717, 1.165) is 0 Å². The van der Waals surface area contributed by atoms with Gasteiger partial charge in [0, 0.05) is 6.54 Å². The molecule has 3 unspecified atom stereocenters. The summed E-state index contributed by atoms with van der Waals surface area (Å²) in [5.74, 6) is -2.44. The fourth-order valence-corrected chi connectivity index (χ4v) is 1.79. The van der Waals surface area contributed by atoms with Crippen molar-refractivity contribution in [3.05, 3.63) is 0 Å². The van der Waals surface area contributed by atoms with Crippen molar-refractivity contribution < 1.29 is 19.8 Å². The van der Waals surface area contributed by atoms with E-state index < -0.39 is 23.9 Å². The molecule has 1 rings (SSSR count). The normalized spacial score (nSPS) is 30.4. The Morgan fingerprint density at radius 2 is 1.92 bits per heavy atom. The molecule has 12 heavy (non-hydrogen) atoms. The number of carboxylic acid groups (broad SMARTS) is 2. The largest absolute Gasteiger partial charge is 0.481 e. The SMILES string of the molecule is O=C(O)C1CC(C(=O)O)N(P)C1. The Labute approximate surface area is 71.6 Å². The first-order chi connectivity index (χ1) is 5.52. The minimum Gasteiger partial charge on any atom is -0.481 e. The first kappa shape index (κ1) is 9.42. The van der Waals surface area contributed by atoms with Crippen LogP contribution in [0.3, 0.4) is 0 Å². The third-order valence-electron chi connectivity index (χ3n) is 1.97. The number of carbonyl (C=O) groups is 2. The van der Waals surface area contributed by atoms with E-state index in [-0.39, 0.29) is 13.0 Å². The van der Waals surface area contributed by atoms with Crippen molar-refractivity contribution >= 4 is 21.3 Å². The zero-order chi connectivity index (χ0) is 9.30. The lowest BCUT2D eigenvalue weighted by atomic mass is 10.1. The molecule has 0 aromatic heterocycles. The number of rotatable bonds is 2. The average molecular weight is 191 g/mol. The summed E-state index contributed by atoms with van der Waals surface area (Å²) in [5, 5.41) is 17.2. The maximum Gasteiger partial charge on any atom is 0.321 e. The summed E-state index contributed by atoms with van der Waals surface area (Å²) in [4.78, 5) is 21.0. The molecule has 68 valence electrons. The van der Waals surface area contributed by atoms with Gasteiger partial charge in [0.1, 0.15) is 6.04 Å². The van der Waals surface area contributed by atoms with Crippen LogP contribution >= 0.6 is 9.39 Å². The summed E-state index contributed by atoms with van der Waals surface area (Å²) in [5.41, 5.74) is 0. The molecule has 0 saturated carbocycles. The van der Waals surface area contributed by atoms with Crippen LogP contribution in [0.5, 0.6) is 0 Å². The first-order valence-corrected chi connectivity index (χ1v) is 4.01. The van der Waals surface area contributed by atoms with Crippen LogP contribution in [0.1, 0.15) is 6.42 Å². The molecule has 2 N–H and O–H groups in total. The van der Waals surface area contributed by atoms with E-state index in [1.54, 1.807) is 0 Å². The van der Waals surface area contributed by atoms with E-state index in [2.05, 4.69) is 9.39 Å². The third kappa shape index (κ3) is 1.73. The van der Waals surface area contributed by atoms with Gasteiger partial charge in [0.05, 0.1) is 5.92 Å². The highest BCUT2D eigenvalue weighted by molar-refractivity contribution is 7.13. The second-order valence-corrected chi connectivity index (χ2v) is 3.48. The molecule has 0 aliphatic carbocycles. The summed E-state index contributed by atoms with van der Waals surface area (Å²) in [6.45, 7) is 0.289. The van der Waals surface area contributed by atoms with Gasteiger partial charge in [0.2, 0.25) is 0 Å². The van der Waals surface area contributed by atoms with Gasteiger partial charge < -0.3 is 10.2 Å². The Balaban J connectivity index is 2.62. The Hall–Kier alpha value is -0.670. The maximum absolute atomic E-state index is 10.5. The molecule has 5 nitrogen and oxygen atoms in total. The van der Waals surface area contributed by atoms with Crippen molar-refractivity contribution in [3.8, 4) is 0 Å². The lowest BCUT2D eigenvalue weighted by molar-refractivity contribution is -0.141. The molecule has 0 radical (unpaired) electrons. The summed E-state index contributed by atoms with van der Waals surface area (Å²) in [6, 6.07) is -0.670. The Morgan fingerprint density at radius 3 is 2.17 bits per heavy atom. The Bertz CT molecular complexity index is 220. The molecule has 3 atom stereocenters. The third-order valence-corrected chi connectivity index (χ3v) is 2.54. The quantitative estimate of drug-likeness (QED) is 0.582. The average Bonchev–Trinajstić information content (AvgIpc) is 2.30. The van der Waals surface area contributed by atoms with Gasteiger partial charge in [-0.3, -0.25) is 14.3 Å². The second-order valence-electron chi connectivity index (χ2n) is 2.82. The van der Waals surface area contributed by atoms with Gasteiger partial charge in [-0.05, 0) is 6.42 Å². The van der Waals surface area contributed by atoms with Crippen molar-refractivity contribution in [2.45, 2.75) is 12.5 Å². The molecule has 0 aromatic rings. The Kier molecular flexibility index (Phi) is 2.65. The van der Waals surface area contributed by atoms with Crippen LogP contribution in [0.4, 0.5) is 0 Å². The number of nitrogens with zero attached hydrogens (tertiary/aromatic N) is 1. The van der Waals surface area contributed by atoms with Gasteiger partial charge >= 0.3 is 11.9 Å².